The molecule has 0 aromatic heterocycles. The van der Waals surface area contributed by atoms with Crippen molar-refractivity contribution in [2.24, 2.45) is 4.40 Å². The third-order valence-electron chi connectivity index (χ3n) is 5.50. The first-order valence-corrected chi connectivity index (χ1v) is 14.3. The van der Waals surface area contributed by atoms with Gasteiger partial charge in [0.15, 0.2) is 16.7 Å². The molecule has 10 heteroatoms. The molecule has 1 fully saturated rings. The first-order chi connectivity index (χ1) is 17.8. The van der Waals surface area contributed by atoms with Crippen LogP contribution in [0, 0.1) is 5.82 Å². The van der Waals surface area contributed by atoms with Crippen LogP contribution in [-0.2, 0) is 14.8 Å². The Hall–Kier alpha value is -3.11. The highest BCUT2D eigenvalue weighted by molar-refractivity contribution is 8.19. The number of carbonyl (C=O) groups is 1. The topological polar surface area (TPSA) is 85.3 Å². The molecule has 198 valence electrons. The van der Waals surface area contributed by atoms with Gasteiger partial charge < -0.3 is 9.47 Å². The summed E-state index contributed by atoms with van der Waals surface area (Å²) in [5, 5.41) is -0.00420. The van der Waals surface area contributed by atoms with Gasteiger partial charge in [-0.1, -0.05) is 44.7 Å². The van der Waals surface area contributed by atoms with Crippen molar-refractivity contribution in [2.75, 3.05) is 20.3 Å². The highest BCUT2D eigenvalue weighted by Crippen LogP contribution is 2.35. The lowest BCUT2D eigenvalue weighted by atomic mass is 10.1. The van der Waals surface area contributed by atoms with E-state index < -0.39 is 21.7 Å². The molecular weight excluding hydrogens is 515 g/mol. The van der Waals surface area contributed by atoms with E-state index in [1.807, 2.05) is 0 Å². The van der Waals surface area contributed by atoms with Crippen molar-refractivity contribution in [3.05, 3.63) is 71.4 Å². The van der Waals surface area contributed by atoms with Crippen molar-refractivity contribution in [1.82, 2.24) is 4.90 Å². The number of halogens is 1. The molecule has 1 aliphatic heterocycles. The summed E-state index contributed by atoms with van der Waals surface area (Å²) in [6.07, 6.45) is 8.80. The quantitative estimate of drug-likeness (QED) is 0.173. The molecule has 7 nitrogen and oxygen atoms in total. The summed E-state index contributed by atoms with van der Waals surface area (Å²) in [5.41, 5.74) is 0.684. The fraction of sp³-hybridized carbons (Fsp3) is 0.333. The maximum atomic E-state index is 13.2. The van der Waals surface area contributed by atoms with Gasteiger partial charge in [0.05, 0.1) is 23.5 Å². The number of benzene rings is 2. The largest absolute Gasteiger partial charge is 0.493 e. The van der Waals surface area contributed by atoms with Crippen LogP contribution in [0.15, 0.2) is 69.3 Å². The predicted octanol–water partition coefficient (Wildman–Crippen LogP) is 6.03. The molecule has 1 aliphatic rings. The van der Waals surface area contributed by atoms with Crippen molar-refractivity contribution >= 4 is 38.9 Å². The van der Waals surface area contributed by atoms with Crippen LogP contribution in [0.1, 0.15) is 44.6 Å². The van der Waals surface area contributed by atoms with Gasteiger partial charge >= 0.3 is 0 Å². The summed E-state index contributed by atoms with van der Waals surface area (Å²) in [4.78, 5) is 14.4. The van der Waals surface area contributed by atoms with Gasteiger partial charge in [0.25, 0.3) is 15.9 Å². The standard InChI is InChI=1S/C27H31FN2O5S2/c1-4-6-7-8-9-17-35-23-15-10-20(18-24(23)34-3)19-25-26(31)30(16-5-2)27(36-25)29-37(32,33)22-13-11-21(28)12-14-22/h5,10-15,18-19H,2,4,6-9,16-17H2,1,3H3/b25-19-,29-27+. The minimum Gasteiger partial charge on any atom is -0.493 e. The number of hydrogen-bond acceptors (Lipinski definition) is 6. The Kier molecular flexibility index (Phi) is 10.3. The molecule has 0 unspecified atom stereocenters. The van der Waals surface area contributed by atoms with Crippen LogP contribution in [0.3, 0.4) is 0 Å². The molecule has 0 spiro atoms. The lowest BCUT2D eigenvalue weighted by Crippen LogP contribution is -2.29. The number of nitrogens with zero attached hydrogens (tertiary/aromatic N) is 2. The molecule has 1 amide bonds. The molecular formula is C27H31FN2O5S2. The summed E-state index contributed by atoms with van der Waals surface area (Å²) in [7, 11) is -2.61. The Labute approximate surface area is 222 Å². The lowest BCUT2D eigenvalue weighted by molar-refractivity contribution is -0.121. The van der Waals surface area contributed by atoms with Crippen LogP contribution in [0.2, 0.25) is 0 Å². The number of carbonyl (C=O) groups excluding carboxylic acids is 1. The molecule has 0 N–H and O–H groups in total. The minimum atomic E-state index is -4.16. The number of methoxy groups -OCH3 is 1. The molecule has 0 saturated carbocycles. The van der Waals surface area contributed by atoms with E-state index in [1.54, 1.807) is 31.4 Å². The van der Waals surface area contributed by atoms with Crippen LogP contribution in [-0.4, -0.2) is 44.7 Å². The molecule has 0 atom stereocenters. The first kappa shape index (κ1) is 28.5. The summed E-state index contributed by atoms with van der Waals surface area (Å²) in [6, 6.07) is 9.70. The normalized spacial score (nSPS) is 16.0. The SMILES string of the molecule is C=CCN1C(=O)/C(=C/c2ccc(OCCCCCCC)c(OC)c2)S/C1=N/S(=O)(=O)c1ccc(F)cc1. The Morgan fingerprint density at radius 1 is 1.08 bits per heavy atom. The number of ether oxygens (including phenoxy) is 2. The number of thioether (sulfide) groups is 1. The minimum absolute atomic E-state index is 0.00420. The number of unbranched alkanes of at least 4 members (excludes halogenated alkanes) is 4. The van der Waals surface area contributed by atoms with Crippen LogP contribution < -0.4 is 9.47 Å². The third-order valence-corrected chi connectivity index (χ3v) is 7.90. The van der Waals surface area contributed by atoms with E-state index in [9.17, 15) is 17.6 Å². The van der Waals surface area contributed by atoms with E-state index in [0.29, 0.717) is 28.6 Å². The molecule has 3 rings (SSSR count). The van der Waals surface area contributed by atoms with Gasteiger partial charge in [0.2, 0.25) is 0 Å². The van der Waals surface area contributed by atoms with Crippen molar-refractivity contribution in [2.45, 2.75) is 43.9 Å². The zero-order valence-corrected chi connectivity index (χ0v) is 22.6. The van der Waals surface area contributed by atoms with E-state index in [2.05, 4.69) is 17.9 Å². The Balaban J connectivity index is 1.80. The summed E-state index contributed by atoms with van der Waals surface area (Å²) in [5.74, 6) is 0.194. The molecule has 37 heavy (non-hydrogen) atoms. The number of amides is 1. The maximum Gasteiger partial charge on any atom is 0.284 e. The van der Waals surface area contributed by atoms with E-state index in [1.165, 1.54) is 30.2 Å². The van der Waals surface area contributed by atoms with Gasteiger partial charge in [-0.15, -0.1) is 11.0 Å². The molecule has 2 aromatic carbocycles. The predicted molar refractivity (Wildman–Crippen MR) is 146 cm³/mol. The zero-order chi connectivity index (χ0) is 26.8. The number of amidine groups is 1. The smallest absolute Gasteiger partial charge is 0.284 e. The van der Waals surface area contributed by atoms with Crippen molar-refractivity contribution in [1.29, 1.82) is 0 Å². The van der Waals surface area contributed by atoms with Gasteiger partial charge in [-0.05, 0) is 66.2 Å². The average molecular weight is 547 g/mol. The number of rotatable bonds is 13. The van der Waals surface area contributed by atoms with Crippen LogP contribution in [0.5, 0.6) is 11.5 Å². The van der Waals surface area contributed by atoms with Gasteiger partial charge in [-0.25, -0.2) is 4.39 Å². The molecule has 0 radical (unpaired) electrons. The van der Waals surface area contributed by atoms with Crippen molar-refractivity contribution in [3.63, 3.8) is 0 Å². The summed E-state index contributed by atoms with van der Waals surface area (Å²) >= 11 is 0.942. The molecule has 1 saturated heterocycles. The van der Waals surface area contributed by atoms with E-state index in [-0.39, 0.29) is 16.6 Å². The average Bonchev–Trinajstić information content (AvgIpc) is 3.15. The Morgan fingerprint density at radius 3 is 2.49 bits per heavy atom. The van der Waals surface area contributed by atoms with E-state index in [0.717, 1.165) is 48.9 Å². The first-order valence-electron chi connectivity index (χ1n) is 12.0. The second-order valence-corrected chi connectivity index (χ2v) is 10.9. The third kappa shape index (κ3) is 7.69. The Bertz CT molecular complexity index is 1270. The lowest BCUT2D eigenvalue weighted by Gasteiger charge is -2.12. The highest BCUT2D eigenvalue weighted by atomic mass is 32.2. The fourth-order valence-corrected chi connectivity index (χ4v) is 5.75. The van der Waals surface area contributed by atoms with Gasteiger partial charge in [-0.3, -0.25) is 9.69 Å². The van der Waals surface area contributed by atoms with Crippen LogP contribution >= 0.6 is 11.8 Å². The maximum absolute atomic E-state index is 13.2. The molecule has 0 aliphatic carbocycles. The summed E-state index contributed by atoms with van der Waals surface area (Å²) < 4.78 is 54.0. The Morgan fingerprint density at radius 2 is 1.81 bits per heavy atom. The second-order valence-electron chi connectivity index (χ2n) is 8.29. The van der Waals surface area contributed by atoms with Crippen molar-refractivity contribution in [3.8, 4) is 11.5 Å². The highest BCUT2D eigenvalue weighted by Gasteiger charge is 2.34. The number of hydrogen-bond donors (Lipinski definition) is 0. The van der Waals surface area contributed by atoms with Gasteiger partial charge in [0, 0.05) is 6.54 Å². The van der Waals surface area contributed by atoms with E-state index in [4.69, 9.17) is 9.47 Å². The summed E-state index contributed by atoms with van der Waals surface area (Å²) in [6.45, 7) is 6.49. The monoisotopic (exact) mass is 546 g/mol. The zero-order valence-electron chi connectivity index (χ0n) is 21.0. The van der Waals surface area contributed by atoms with E-state index >= 15 is 0 Å². The van der Waals surface area contributed by atoms with Crippen LogP contribution in [0.4, 0.5) is 4.39 Å². The van der Waals surface area contributed by atoms with Gasteiger partial charge in [0.1, 0.15) is 5.82 Å². The molecule has 1 heterocycles. The molecule has 2 aromatic rings. The number of sulfonamides is 1. The second kappa shape index (κ2) is 13.4. The molecule has 0 bridgehead atoms. The van der Waals surface area contributed by atoms with Crippen molar-refractivity contribution < 1.29 is 27.1 Å². The fourth-order valence-electron chi connectivity index (χ4n) is 3.56. The van der Waals surface area contributed by atoms with Crippen LogP contribution in [0.25, 0.3) is 6.08 Å². The van der Waals surface area contributed by atoms with Gasteiger partial charge in [-0.2, -0.15) is 8.42 Å².